The van der Waals surface area contributed by atoms with Gasteiger partial charge >= 0.3 is 5.91 Å². The summed E-state index contributed by atoms with van der Waals surface area (Å²) >= 11 is 0. The van der Waals surface area contributed by atoms with Crippen LogP contribution in [0.4, 0.5) is 0 Å². The smallest absolute Gasteiger partial charge is 0.305 e. The van der Waals surface area contributed by atoms with Crippen molar-refractivity contribution in [3.05, 3.63) is 83.3 Å². The first kappa shape index (κ1) is 21.1. The Morgan fingerprint density at radius 1 is 0.967 bits per heavy atom. The number of methoxy groups -OCH3 is 1. The summed E-state index contributed by atoms with van der Waals surface area (Å²) in [7, 11) is -2.11. The minimum Gasteiger partial charge on any atom is -0.496 e. The lowest BCUT2D eigenvalue weighted by Gasteiger charge is -2.09. The molecule has 3 rings (SSSR count). The normalized spacial score (nSPS) is 11.0. The highest BCUT2D eigenvalue weighted by Gasteiger charge is 2.19. The van der Waals surface area contributed by atoms with E-state index in [-0.39, 0.29) is 22.2 Å². The summed E-state index contributed by atoms with van der Waals surface area (Å²) in [6.45, 7) is 1.84. The molecule has 0 bridgehead atoms. The molecular weight excluding hydrogens is 408 g/mol. The van der Waals surface area contributed by atoms with Gasteiger partial charge < -0.3 is 9.15 Å². The van der Waals surface area contributed by atoms with Gasteiger partial charge in [-0.2, -0.15) is 0 Å². The van der Waals surface area contributed by atoms with Crippen LogP contribution in [0.25, 0.3) is 0 Å². The lowest BCUT2D eigenvalue weighted by atomic mass is 10.1. The first-order chi connectivity index (χ1) is 14.3. The van der Waals surface area contributed by atoms with Gasteiger partial charge in [0, 0.05) is 5.56 Å². The molecule has 0 aliphatic rings. The fourth-order valence-electron chi connectivity index (χ4n) is 2.68. The van der Waals surface area contributed by atoms with E-state index in [4.69, 9.17) is 9.15 Å². The van der Waals surface area contributed by atoms with E-state index in [0.29, 0.717) is 11.3 Å². The number of aryl methyl sites for hydroxylation is 1. The molecule has 0 saturated carbocycles. The summed E-state index contributed by atoms with van der Waals surface area (Å²) in [5.41, 5.74) is 5.68. The van der Waals surface area contributed by atoms with Gasteiger partial charge in [-0.3, -0.25) is 20.4 Å². The standard InChI is InChI=1S/C21H20N2O6S/c1-14-8-9-15(12-19(14)28-2)20(24)22-23-21(25)18-11-10-16(29-18)13-30(26,27)17-6-4-3-5-7-17/h3-12H,13H2,1-2H3,(H,22,24)(H,23,25). The SMILES string of the molecule is COc1cc(C(=O)NNC(=O)c2ccc(CS(=O)(=O)c3ccccc3)o2)ccc1C. The molecule has 0 fully saturated rings. The molecule has 0 radical (unpaired) electrons. The van der Waals surface area contributed by atoms with Crippen LogP contribution in [0.3, 0.4) is 0 Å². The van der Waals surface area contributed by atoms with Crippen molar-refractivity contribution < 1.29 is 27.2 Å². The Kier molecular flexibility index (Phi) is 6.22. The van der Waals surface area contributed by atoms with Crippen molar-refractivity contribution in [2.45, 2.75) is 17.6 Å². The third kappa shape index (κ3) is 4.87. The molecule has 9 heteroatoms. The lowest BCUT2D eigenvalue weighted by Crippen LogP contribution is -2.41. The van der Waals surface area contributed by atoms with E-state index < -0.39 is 21.7 Å². The first-order valence-electron chi connectivity index (χ1n) is 8.92. The summed E-state index contributed by atoms with van der Waals surface area (Å²) in [6, 6.07) is 15.6. The second kappa shape index (κ2) is 8.83. The van der Waals surface area contributed by atoms with Gasteiger partial charge in [-0.25, -0.2) is 8.42 Å². The van der Waals surface area contributed by atoms with Crippen molar-refractivity contribution in [1.82, 2.24) is 10.9 Å². The lowest BCUT2D eigenvalue weighted by molar-refractivity contribution is 0.0830. The van der Waals surface area contributed by atoms with Crippen LogP contribution in [0.1, 0.15) is 32.2 Å². The number of amides is 2. The Labute approximate surface area is 173 Å². The average Bonchev–Trinajstić information content (AvgIpc) is 3.20. The minimum absolute atomic E-state index is 0.110. The number of hydrogen-bond donors (Lipinski definition) is 2. The molecule has 0 spiro atoms. The topological polar surface area (TPSA) is 115 Å². The van der Waals surface area contributed by atoms with Crippen molar-refractivity contribution in [1.29, 1.82) is 0 Å². The van der Waals surface area contributed by atoms with Crippen LogP contribution in [0.5, 0.6) is 5.75 Å². The van der Waals surface area contributed by atoms with Crippen LogP contribution in [-0.4, -0.2) is 27.3 Å². The molecule has 0 aliphatic heterocycles. The second-order valence-corrected chi connectivity index (χ2v) is 8.42. The Morgan fingerprint density at radius 2 is 1.67 bits per heavy atom. The van der Waals surface area contributed by atoms with Gasteiger partial charge in [-0.05, 0) is 48.9 Å². The maximum absolute atomic E-state index is 12.4. The molecule has 0 aliphatic carbocycles. The van der Waals surface area contributed by atoms with E-state index in [1.165, 1.54) is 31.4 Å². The highest BCUT2D eigenvalue weighted by atomic mass is 32.2. The highest BCUT2D eigenvalue weighted by molar-refractivity contribution is 7.90. The monoisotopic (exact) mass is 428 g/mol. The number of hydrazine groups is 1. The molecule has 8 nitrogen and oxygen atoms in total. The van der Waals surface area contributed by atoms with Crippen LogP contribution in [-0.2, 0) is 15.6 Å². The number of ether oxygens (including phenoxy) is 1. The zero-order valence-corrected chi connectivity index (χ0v) is 17.2. The largest absolute Gasteiger partial charge is 0.496 e. The number of carbonyl (C=O) groups is 2. The molecule has 1 heterocycles. The van der Waals surface area contributed by atoms with Gasteiger partial charge in [0.2, 0.25) is 0 Å². The molecule has 2 amide bonds. The number of furan rings is 1. The van der Waals surface area contributed by atoms with Gasteiger partial charge in [0.25, 0.3) is 5.91 Å². The van der Waals surface area contributed by atoms with Crippen molar-refractivity contribution in [3.63, 3.8) is 0 Å². The molecule has 2 N–H and O–H groups in total. The van der Waals surface area contributed by atoms with Crippen molar-refractivity contribution in [3.8, 4) is 5.75 Å². The maximum atomic E-state index is 12.4. The third-order valence-corrected chi connectivity index (χ3v) is 5.93. The number of nitrogens with one attached hydrogen (secondary N) is 2. The van der Waals surface area contributed by atoms with Gasteiger partial charge in [0.05, 0.1) is 12.0 Å². The van der Waals surface area contributed by atoms with Crippen LogP contribution in [0.2, 0.25) is 0 Å². The number of sulfone groups is 1. The molecule has 3 aromatic rings. The van der Waals surface area contributed by atoms with E-state index in [1.54, 1.807) is 36.4 Å². The van der Waals surface area contributed by atoms with Gasteiger partial charge in [-0.1, -0.05) is 24.3 Å². The van der Waals surface area contributed by atoms with Gasteiger partial charge in [-0.15, -0.1) is 0 Å². The molecular formula is C21H20N2O6S. The second-order valence-electron chi connectivity index (χ2n) is 6.43. The average molecular weight is 428 g/mol. The molecule has 0 saturated heterocycles. The summed E-state index contributed by atoms with van der Waals surface area (Å²) in [4.78, 5) is 24.6. The quantitative estimate of drug-likeness (QED) is 0.584. The molecule has 156 valence electrons. The molecule has 2 aromatic carbocycles. The summed E-state index contributed by atoms with van der Waals surface area (Å²) in [5.74, 6) is -1.12. The van der Waals surface area contributed by atoms with E-state index >= 15 is 0 Å². The number of hydrogen-bond acceptors (Lipinski definition) is 6. The fraction of sp³-hybridized carbons (Fsp3) is 0.143. The summed E-state index contributed by atoms with van der Waals surface area (Å²) < 4.78 is 35.3. The zero-order valence-electron chi connectivity index (χ0n) is 16.3. The van der Waals surface area contributed by atoms with E-state index in [9.17, 15) is 18.0 Å². The van der Waals surface area contributed by atoms with Crippen LogP contribution in [0.15, 0.2) is 70.0 Å². The molecule has 0 unspecified atom stereocenters. The van der Waals surface area contributed by atoms with E-state index in [1.807, 2.05) is 6.92 Å². The van der Waals surface area contributed by atoms with Crippen LogP contribution in [0, 0.1) is 6.92 Å². The number of rotatable bonds is 6. The Hall–Kier alpha value is -3.59. The first-order valence-corrected chi connectivity index (χ1v) is 10.6. The maximum Gasteiger partial charge on any atom is 0.305 e. The Bertz CT molecular complexity index is 1170. The Balaban J connectivity index is 1.62. The van der Waals surface area contributed by atoms with E-state index in [0.717, 1.165) is 5.56 Å². The summed E-state index contributed by atoms with van der Waals surface area (Å²) in [6.07, 6.45) is 0. The Morgan fingerprint density at radius 3 is 2.37 bits per heavy atom. The van der Waals surface area contributed by atoms with Crippen LogP contribution >= 0.6 is 0 Å². The van der Waals surface area contributed by atoms with Gasteiger partial charge in [0.15, 0.2) is 15.6 Å². The van der Waals surface area contributed by atoms with E-state index in [2.05, 4.69) is 10.9 Å². The van der Waals surface area contributed by atoms with Crippen molar-refractivity contribution >= 4 is 21.7 Å². The number of benzene rings is 2. The molecule has 0 atom stereocenters. The predicted octanol–water partition coefficient (Wildman–Crippen LogP) is 2.65. The van der Waals surface area contributed by atoms with Crippen molar-refractivity contribution in [2.24, 2.45) is 0 Å². The predicted molar refractivity (Wildman–Crippen MR) is 109 cm³/mol. The zero-order chi connectivity index (χ0) is 21.7. The van der Waals surface area contributed by atoms with Crippen molar-refractivity contribution in [2.75, 3.05) is 7.11 Å². The number of carbonyl (C=O) groups excluding carboxylic acids is 2. The summed E-state index contributed by atoms with van der Waals surface area (Å²) in [5, 5.41) is 0. The molecule has 30 heavy (non-hydrogen) atoms. The van der Waals surface area contributed by atoms with Gasteiger partial charge in [0.1, 0.15) is 17.3 Å². The van der Waals surface area contributed by atoms with Crippen LogP contribution < -0.4 is 15.6 Å². The fourth-order valence-corrected chi connectivity index (χ4v) is 3.95. The highest BCUT2D eigenvalue weighted by Crippen LogP contribution is 2.19. The minimum atomic E-state index is -3.60. The molecule has 1 aromatic heterocycles. The third-order valence-electron chi connectivity index (χ3n) is 4.28.